The minimum absolute atomic E-state index is 0.145. The van der Waals surface area contributed by atoms with Gasteiger partial charge in [-0.1, -0.05) is 11.2 Å². The molecule has 8 nitrogen and oxygen atoms in total. The van der Waals surface area contributed by atoms with Crippen LogP contribution in [-0.4, -0.2) is 82.5 Å². The standard InChI is InChI=1S/C22H33N5O3S/c1-3-26(4-2)20(28)10-5-11-21(29)27-15-13-25(14-16-27)12-6-9-19-23-22(24-30-19)18-8-7-17-31-18/h7-8,17H,3-6,9-16H2,1-2H3. The fourth-order valence-corrected chi connectivity index (χ4v) is 4.47. The van der Waals surface area contributed by atoms with Crippen molar-refractivity contribution >= 4 is 23.2 Å². The molecule has 0 N–H and O–H groups in total. The highest BCUT2D eigenvalue weighted by atomic mass is 32.1. The Labute approximate surface area is 188 Å². The van der Waals surface area contributed by atoms with Gasteiger partial charge in [-0.15, -0.1) is 11.3 Å². The summed E-state index contributed by atoms with van der Waals surface area (Å²) in [5, 5.41) is 6.05. The van der Waals surface area contributed by atoms with Crippen LogP contribution in [0.4, 0.5) is 0 Å². The topological polar surface area (TPSA) is 82.8 Å². The van der Waals surface area contributed by atoms with E-state index in [1.54, 1.807) is 11.3 Å². The molecule has 2 amide bonds. The Bertz CT molecular complexity index is 811. The van der Waals surface area contributed by atoms with Gasteiger partial charge >= 0.3 is 0 Å². The van der Waals surface area contributed by atoms with Crippen LogP contribution in [0.5, 0.6) is 0 Å². The Kier molecular flexibility index (Phi) is 9.02. The van der Waals surface area contributed by atoms with Gasteiger partial charge in [0.1, 0.15) is 0 Å². The number of hydrogen-bond donors (Lipinski definition) is 0. The summed E-state index contributed by atoms with van der Waals surface area (Å²) in [7, 11) is 0. The highest BCUT2D eigenvalue weighted by molar-refractivity contribution is 7.13. The van der Waals surface area contributed by atoms with E-state index in [4.69, 9.17) is 4.52 Å². The molecule has 170 valence electrons. The van der Waals surface area contributed by atoms with Crippen molar-refractivity contribution < 1.29 is 14.1 Å². The van der Waals surface area contributed by atoms with Crippen LogP contribution < -0.4 is 0 Å². The molecule has 0 aromatic carbocycles. The lowest BCUT2D eigenvalue weighted by atomic mass is 10.2. The van der Waals surface area contributed by atoms with Crippen molar-refractivity contribution in [1.29, 1.82) is 0 Å². The van der Waals surface area contributed by atoms with Crippen LogP contribution in [-0.2, 0) is 16.0 Å². The molecule has 1 aliphatic heterocycles. The lowest BCUT2D eigenvalue weighted by Gasteiger charge is -2.34. The van der Waals surface area contributed by atoms with Gasteiger partial charge in [0.05, 0.1) is 4.88 Å². The van der Waals surface area contributed by atoms with Gasteiger partial charge in [-0.05, 0) is 44.7 Å². The van der Waals surface area contributed by atoms with Crippen LogP contribution in [0.25, 0.3) is 10.7 Å². The lowest BCUT2D eigenvalue weighted by molar-refractivity contribution is -0.133. The van der Waals surface area contributed by atoms with Crippen LogP contribution in [0.15, 0.2) is 22.0 Å². The summed E-state index contributed by atoms with van der Waals surface area (Å²) in [6.45, 7) is 9.66. The van der Waals surface area contributed by atoms with Crippen LogP contribution in [0.3, 0.4) is 0 Å². The predicted molar refractivity (Wildman–Crippen MR) is 121 cm³/mol. The number of carbonyl (C=O) groups is 2. The number of nitrogens with zero attached hydrogens (tertiary/aromatic N) is 5. The molecule has 2 aromatic heterocycles. The van der Waals surface area contributed by atoms with E-state index in [1.807, 2.05) is 41.2 Å². The fraction of sp³-hybridized carbons (Fsp3) is 0.636. The molecular formula is C22H33N5O3S. The maximum absolute atomic E-state index is 12.4. The lowest BCUT2D eigenvalue weighted by Crippen LogP contribution is -2.48. The molecule has 0 spiro atoms. The molecule has 0 saturated carbocycles. The summed E-state index contributed by atoms with van der Waals surface area (Å²) < 4.78 is 5.36. The zero-order valence-corrected chi connectivity index (χ0v) is 19.4. The molecule has 1 saturated heterocycles. The van der Waals surface area contributed by atoms with E-state index in [1.165, 1.54) is 0 Å². The Morgan fingerprint density at radius 2 is 1.90 bits per heavy atom. The van der Waals surface area contributed by atoms with Crippen molar-refractivity contribution in [1.82, 2.24) is 24.8 Å². The van der Waals surface area contributed by atoms with E-state index in [0.717, 1.165) is 63.5 Å². The minimum atomic E-state index is 0.145. The van der Waals surface area contributed by atoms with E-state index < -0.39 is 0 Å². The van der Waals surface area contributed by atoms with Crippen LogP contribution in [0.2, 0.25) is 0 Å². The number of carbonyl (C=O) groups excluding carboxylic acids is 2. The second-order valence-corrected chi connectivity index (χ2v) is 8.68. The zero-order valence-electron chi connectivity index (χ0n) is 18.6. The average Bonchev–Trinajstić information content (AvgIpc) is 3.47. The van der Waals surface area contributed by atoms with Gasteiger partial charge in [0.15, 0.2) is 0 Å². The van der Waals surface area contributed by atoms with Gasteiger partial charge in [-0.3, -0.25) is 14.5 Å². The molecule has 3 rings (SSSR count). The molecule has 31 heavy (non-hydrogen) atoms. The normalized spacial score (nSPS) is 14.7. The van der Waals surface area contributed by atoms with E-state index in [0.29, 0.717) is 31.0 Å². The van der Waals surface area contributed by atoms with E-state index in [2.05, 4.69) is 15.0 Å². The highest BCUT2D eigenvalue weighted by Gasteiger charge is 2.21. The van der Waals surface area contributed by atoms with Crippen molar-refractivity contribution in [2.75, 3.05) is 45.8 Å². The number of rotatable bonds is 11. The summed E-state index contributed by atoms with van der Waals surface area (Å²) in [5.41, 5.74) is 0. The molecule has 0 bridgehead atoms. The zero-order chi connectivity index (χ0) is 22.1. The maximum atomic E-state index is 12.4. The molecular weight excluding hydrogens is 414 g/mol. The van der Waals surface area contributed by atoms with Crippen molar-refractivity contribution in [3.63, 3.8) is 0 Å². The molecule has 0 atom stereocenters. The minimum Gasteiger partial charge on any atom is -0.343 e. The van der Waals surface area contributed by atoms with Crippen LogP contribution >= 0.6 is 11.3 Å². The Morgan fingerprint density at radius 1 is 1.13 bits per heavy atom. The average molecular weight is 448 g/mol. The predicted octanol–water partition coefficient (Wildman–Crippen LogP) is 2.91. The first kappa shape index (κ1) is 23.4. The smallest absolute Gasteiger partial charge is 0.227 e. The fourth-order valence-electron chi connectivity index (χ4n) is 3.82. The number of amides is 2. The van der Waals surface area contributed by atoms with Crippen molar-refractivity contribution in [3.8, 4) is 10.7 Å². The van der Waals surface area contributed by atoms with Crippen LogP contribution in [0, 0.1) is 0 Å². The van der Waals surface area contributed by atoms with Gasteiger partial charge in [0.2, 0.25) is 23.5 Å². The number of aryl methyl sites for hydroxylation is 1. The molecule has 0 radical (unpaired) electrons. The molecule has 1 aliphatic rings. The quantitative estimate of drug-likeness (QED) is 0.527. The van der Waals surface area contributed by atoms with Crippen molar-refractivity contribution in [3.05, 3.63) is 23.4 Å². The molecule has 3 heterocycles. The highest BCUT2D eigenvalue weighted by Crippen LogP contribution is 2.21. The van der Waals surface area contributed by atoms with Crippen molar-refractivity contribution in [2.24, 2.45) is 0 Å². The largest absolute Gasteiger partial charge is 0.343 e. The van der Waals surface area contributed by atoms with Gasteiger partial charge in [0, 0.05) is 58.5 Å². The monoisotopic (exact) mass is 447 g/mol. The summed E-state index contributed by atoms with van der Waals surface area (Å²) in [5.74, 6) is 1.65. The third kappa shape index (κ3) is 6.87. The van der Waals surface area contributed by atoms with Gasteiger partial charge in [-0.25, -0.2) is 0 Å². The maximum Gasteiger partial charge on any atom is 0.227 e. The van der Waals surface area contributed by atoms with Gasteiger partial charge < -0.3 is 14.3 Å². The third-order valence-corrected chi connectivity index (χ3v) is 6.56. The summed E-state index contributed by atoms with van der Waals surface area (Å²) in [6, 6.07) is 3.97. The number of hydrogen-bond acceptors (Lipinski definition) is 7. The first-order valence-electron chi connectivity index (χ1n) is 11.2. The first-order chi connectivity index (χ1) is 15.1. The SMILES string of the molecule is CCN(CC)C(=O)CCCC(=O)N1CCN(CCCc2nc(-c3cccs3)no2)CC1. The number of aromatic nitrogens is 2. The first-order valence-corrected chi connectivity index (χ1v) is 12.1. The molecule has 1 fully saturated rings. The Balaban J connectivity index is 1.30. The second kappa shape index (κ2) is 12.0. The van der Waals surface area contributed by atoms with Crippen LogP contribution in [0.1, 0.15) is 45.4 Å². The summed E-state index contributed by atoms with van der Waals surface area (Å²) in [4.78, 5) is 36.1. The van der Waals surface area contributed by atoms with E-state index >= 15 is 0 Å². The number of piperazine rings is 1. The molecule has 0 unspecified atom stereocenters. The molecule has 0 aliphatic carbocycles. The third-order valence-electron chi connectivity index (χ3n) is 5.70. The summed E-state index contributed by atoms with van der Waals surface area (Å²) >= 11 is 1.60. The van der Waals surface area contributed by atoms with Crippen molar-refractivity contribution in [2.45, 2.75) is 46.0 Å². The van der Waals surface area contributed by atoms with Gasteiger partial charge in [0.25, 0.3) is 0 Å². The van der Waals surface area contributed by atoms with Gasteiger partial charge in [-0.2, -0.15) is 4.98 Å². The van der Waals surface area contributed by atoms with E-state index in [-0.39, 0.29) is 11.8 Å². The number of thiophene rings is 1. The second-order valence-electron chi connectivity index (χ2n) is 7.73. The Morgan fingerprint density at radius 3 is 2.58 bits per heavy atom. The van der Waals surface area contributed by atoms with E-state index in [9.17, 15) is 9.59 Å². The molecule has 9 heteroatoms. The summed E-state index contributed by atoms with van der Waals surface area (Å²) in [6.07, 6.45) is 3.26. The molecule has 2 aromatic rings. The Hall–Kier alpha value is -2.26.